The third-order valence-corrected chi connectivity index (χ3v) is 4.66. The largest absolute Gasteiger partial charge is 0.416 e. The SMILES string of the molecule is N#CC(=Cc1ccc2noc(-c3ccccc3)c2c1)C(=O)Nc1cccc(C(F)(F)F)c1. The summed E-state index contributed by atoms with van der Waals surface area (Å²) in [5.74, 6) is -0.275. The molecule has 0 aliphatic heterocycles. The number of hydrogen-bond acceptors (Lipinski definition) is 4. The second kappa shape index (κ2) is 8.40. The molecule has 32 heavy (non-hydrogen) atoms. The van der Waals surface area contributed by atoms with Gasteiger partial charge in [-0.15, -0.1) is 0 Å². The molecular formula is C24H14F3N3O2. The molecule has 0 aliphatic rings. The van der Waals surface area contributed by atoms with Gasteiger partial charge in [0.1, 0.15) is 17.2 Å². The Labute approximate surface area is 180 Å². The molecule has 0 fully saturated rings. The first-order chi connectivity index (χ1) is 15.3. The van der Waals surface area contributed by atoms with Crippen LogP contribution in [0.3, 0.4) is 0 Å². The molecule has 3 aromatic carbocycles. The molecule has 0 unspecified atom stereocenters. The molecule has 1 aromatic heterocycles. The Morgan fingerprint density at radius 1 is 1.03 bits per heavy atom. The van der Waals surface area contributed by atoms with Crippen molar-refractivity contribution in [3.8, 4) is 17.4 Å². The highest BCUT2D eigenvalue weighted by molar-refractivity contribution is 6.10. The standard InChI is InChI=1S/C24H14F3N3O2/c25-24(26,27)18-7-4-8-19(13-18)29-23(31)17(14-28)11-15-9-10-21-20(12-15)22(32-30-21)16-5-2-1-3-6-16/h1-13H,(H,29,31). The number of hydrogen-bond donors (Lipinski definition) is 1. The van der Waals surface area contributed by atoms with E-state index in [-0.39, 0.29) is 11.3 Å². The van der Waals surface area contributed by atoms with E-state index in [9.17, 15) is 23.2 Å². The number of carbonyl (C=O) groups excluding carboxylic acids is 1. The quantitative estimate of drug-likeness (QED) is 0.313. The molecule has 0 bridgehead atoms. The average Bonchev–Trinajstić information content (AvgIpc) is 3.21. The van der Waals surface area contributed by atoms with E-state index in [1.54, 1.807) is 24.3 Å². The molecule has 0 spiro atoms. The summed E-state index contributed by atoms with van der Waals surface area (Å²) in [7, 11) is 0. The van der Waals surface area contributed by atoms with Gasteiger partial charge in [-0.1, -0.05) is 47.6 Å². The van der Waals surface area contributed by atoms with Crippen LogP contribution in [-0.4, -0.2) is 11.1 Å². The smallest absolute Gasteiger partial charge is 0.355 e. The van der Waals surface area contributed by atoms with Crippen molar-refractivity contribution < 1.29 is 22.5 Å². The Morgan fingerprint density at radius 2 is 1.81 bits per heavy atom. The predicted octanol–water partition coefficient (Wildman–Crippen LogP) is 6.06. The Kier molecular flexibility index (Phi) is 5.48. The van der Waals surface area contributed by atoms with E-state index in [0.717, 1.165) is 17.7 Å². The van der Waals surface area contributed by atoms with Gasteiger partial charge in [0.15, 0.2) is 5.76 Å². The first kappa shape index (κ1) is 20.9. The van der Waals surface area contributed by atoms with E-state index in [1.165, 1.54) is 18.2 Å². The van der Waals surface area contributed by atoms with Crippen LogP contribution >= 0.6 is 0 Å². The molecule has 4 aromatic rings. The fourth-order valence-electron chi connectivity index (χ4n) is 3.13. The van der Waals surface area contributed by atoms with Gasteiger partial charge in [-0.2, -0.15) is 18.4 Å². The van der Waals surface area contributed by atoms with Crippen LogP contribution in [0.4, 0.5) is 18.9 Å². The highest BCUT2D eigenvalue weighted by Gasteiger charge is 2.30. The zero-order valence-corrected chi connectivity index (χ0v) is 16.4. The van der Waals surface area contributed by atoms with Crippen LogP contribution in [0.2, 0.25) is 0 Å². The number of halogens is 3. The maximum atomic E-state index is 12.9. The lowest BCUT2D eigenvalue weighted by molar-refractivity contribution is -0.137. The van der Waals surface area contributed by atoms with Gasteiger partial charge in [-0.3, -0.25) is 4.79 Å². The Morgan fingerprint density at radius 3 is 2.53 bits per heavy atom. The predicted molar refractivity (Wildman–Crippen MR) is 113 cm³/mol. The topological polar surface area (TPSA) is 78.9 Å². The Hall–Kier alpha value is -4.38. The summed E-state index contributed by atoms with van der Waals surface area (Å²) in [4.78, 5) is 12.5. The van der Waals surface area contributed by atoms with E-state index in [4.69, 9.17) is 4.52 Å². The number of nitriles is 1. The third-order valence-electron chi connectivity index (χ3n) is 4.66. The minimum absolute atomic E-state index is 0.0631. The normalized spacial score (nSPS) is 11.9. The molecule has 8 heteroatoms. The molecule has 1 N–H and O–H groups in total. The lowest BCUT2D eigenvalue weighted by Gasteiger charge is -2.09. The second-order valence-electron chi connectivity index (χ2n) is 6.86. The molecule has 0 radical (unpaired) electrons. The summed E-state index contributed by atoms with van der Waals surface area (Å²) in [5, 5.41) is 16.5. The fourth-order valence-corrected chi connectivity index (χ4v) is 3.13. The first-order valence-corrected chi connectivity index (χ1v) is 9.40. The number of aromatic nitrogens is 1. The van der Waals surface area contributed by atoms with Crippen LogP contribution in [-0.2, 0) is 11.0 Å². The zero-order valence-electron chi connectivity index (χ0n) is 16.4. The van der Waals surface area contributed by atoms with Crippen LogP contribution in [0.25, 0.3) is 28.3 Å². The average molecular weight is 433 g/mol. The summed E-state index contributed by atoms with van der Waals surface area (Å²) in [6.07, 6.45) is -3.19. The van der Waals surface area contributed by atoms with Gasteiger partial charge in [-0.05, 0) is 42.0 Å². The number of carbonyl (C=O) groups is 1. The molecule has 0 aliphatic carbocycles. The number of rotatable bonds is 4. The van der Waals surface area contributed by atoms with Crippen LogP contribution in [0.1, 0.15) is 11.1 Å². The maximum Gasteiger partial charge on any atom is 0.416 e. The van der Waals surface area contributed by atoms with Crippen molar-refractivity contribution in [3.05, 3.63) is 89.5 Å². The van der Waals surface area contributed by atoms with E-state index in [1.807, 2.05) is 30.3 Å². The maximum absolute atomic E-state index is 12.9. The van der Waals surface area contributed by atoms with Crippen molar-refractivity contribution in [2.45, 2.75) is 6.18 Å². The fraction of sp³-hybridized carbons (Fsp3) is 0.0417. The number of fused-ring (bicyclic) bond motifs is 1. The highest BCUT2D eigenvalue weighted by Crippen LogP contribution is 2.31. The summed E-state index contributed by atoms with van der Waals surface area (Å²) >= 11 is 0. The lowest BCUT2D eigenvalue weighted by atomic mass is 10.0. The van der Waals surface area contributed by atoms with Crippen LogP contribution in [0.15, 0.2) is 82.9 Å². The number of anilines is 1. The second-order valence-corrected chi connectivity index (χ2v) is 6.86. The van der Waals surface area contributed by atoms with E-state index >= 15 is 0 Å². The molecule has 5 nitrogen and oxygen atoms in total. The van der Waals surface area contributed by atoms with E-state index in [0.29, 0.717) is 22.2 Å². The number of nitrogens with one attached hydrogen (secondary N) is 1. The molecule has 1 amide bonds. The minimum Gasteiger partial charge on any atom is -0.355 e. The van der Waals surface area contributed by atoms with Crippen molar-refractivity contribution in [3.63, 3.8) is 0 Å². The number of amides is 1. The molecule has 0 atom stereocenters. The molecule has 1 heterocycles. The third kappa shape index (κ3) is 4.37. The molecule has 0 saturated carbocycles. The Bertz CT molecular complexity index is 1370. The molecule has 0 saturated heterocycles. The van der Waals surface area contributed by atoms with Gasteiger partial charge in [0.2, 0.25) is 0 Å². The van der Waals surface area contributed by atoms with Crippen molar-refractivity contribution in [1.29, 1.82) is 5.26 Å². The number of benzene rings is 3. The van der Waals surface area contributed by atoms with Gasteiger partial charge in [0.25, 0.3) is 5.91 Å². The summed E-state index contributed by atoms with van der Waals surface area (Å²) in [5.41, 5.74) is 0.732. The lowest BCUT2D eigenvalue weighted by Crippen LogP contribution is -2.14. The van der Waals surface area contributed by atoms with Crippen LogP contribution in [0, 0.1) is 11.3 Å². The van der Waals surface area contributed by atoms with Crippen LogP contribution in [0.5, 0.6) is 0 Å². The first-order valence-electron chi connectivity index (χ1n) is 9.40. The number of alkyl halides is 3. The number of nitrogens with zero attached hydrogens (tertiary/aromatic N) is 2. The zero-order chi connectivity index (χ0) is 22.7. The van der Waals surface area contributed by atoms with Crippen molar-refractivity contribution in [1.82, 2.24) is 5.16 Å². The monoisotopic (exact) mass is 433 g/mol. The molecule has 158 valence electrons. The Balaban J connectivity index is 1.63. The van der Waals surface area contributed by atoms with Crippen molar-refractivity contribution in [2.75, 3.05) is 5.32 Å². The van der Waals surface area contributed by atoms with Crippen molar-refractivity contribution in [2.24, 2.45) is 0 Å². The molecular weight excluding hydrogens is 419 g/mol. The highest BCUT2D eigenvalue weighted by atomic mass is 19.4. The van der Waals surface area contributed by atoms with Gasteiger partial charge in [0.05, 0.1) is 10.9 Å². The van der Waals surface area contributed by atoms with Crippen LogP contribution < -0.4 is 5.32 Å². The molecule has 4 rings (SSSR count). The summed E-state index contributed by atoms with van der Waals surface area (Å²) in [6, 6.07) is 20.4. The van der Waals surface area contributed by atoms with Crippen molar-refractivity contribution >= 4 is 28.6 Å². The van der Waals surface area contributed by atoms with Gasteiger partial charge < -0.3 is 9.84 Å². The van der Waals surface area contributed by atoms with Gasteiger partial charge >= 0.3 is 6.18 Å². The van der Waals surface area contributed by atoms with Gasteiger partial charge in [0, 0.05) is 11.3 Å². The van der Waals surface area contributed by atoms with E-state index < -0.39 is 17.6 Å². The van der Waals surface area contributed by atoms with Gasteiger partial charge in [-0.25, -0.2) is 0 Å². The summed E-state index contributed by atoms with van der Waals surface area (Å²) < 4.78 is 44.1. The summed E-state index contributed by atoms with van der Waals surface area (Å²) in [6.45, 7) is 0. The van der Waals surface area contributed by atoms with E-state index in [2.05, 4.69) is 10.5 Å². The minimum atomic E-state index is -4.54.